The fourth-order valence-corrected chi connectivity index (χ4v) is 3.77. The van der Waals surface area contributed by atoms with Gasteiger partial charge in [0.05, 0.1) is 18.4 Å². The SMILES string of the molecule is Cc1cccc(CN2CC3(CC(Oc4cnccn4)CCO3)C2)c1. The van der Waals surface area contributed by atoms with E-state index in [1.807, 2.05) is 0 Å². The van der Waals surface area contributed by atoms with Crippen LogP contribution in [0.4, 0.5) is 0 Å². The van der Waals surface area contributed by atoms with Gasteiger partial charge in [0.2, 0.25) is 5.88 Å². The van der Waals surface area contributed by atoms with Crippen molar-refractivity contribution in [3.8, 4) is 5.88 Å². The predicted molar refractivity (Wildman–Crippen MR) is 90.8 cm³/mol. The second-order valence-electron chi connectivity index (χ2n) is 6.94. The zero-order valence-corrected chi connectivity index (χ0v) is 14.0. The van der Waals surface area contributed by atoms with Gasteiger partial charge in [0, 0.05) is 44.9 Å². The molecule has 4 rings (SSSR count). The summed E-state index contributed by atoms with van der Waals surface area (Å²) in [6.07, 6.45) is 7.00. The molecule has 24 heavy (non-hydrogen) atoms. The normalized spacial score (nSPS) is 23.0. The van der Waals surface area contributed by atoms with Crippen molar-refractivity contribution in [3.63, 3.8) is 0 Å². The first kappa shape index (κ1) is 15.5. The Morgan fingerprint density at radius 2 is 2.25 bits per heavy atom. The molecule has 3 heterocycles. The van der Waals surface area contributed by atoms with Crippen LogP contribution in [-0.4, -0.2) is 46.3 Å². The van der Waals surface area contributed by atoms with Crippen molar-refractivity contribution in [2.24, 2.45) is 0 Å². The van der Waals surface area contributed by atoms with Crippen LogP contribution in [0.3, 0.4) is 0 Å². The summed E-state index contributed by atoms with van der Waals surface area (Å²) < 4.78 is 12.1. The van der Waals surface area contributed by atoms with Crippen molar-refractivity contribution < 1.29 is 9.47 Å². The highest BCUT2D eigenvalue weighted by molar-refractivity contribution is 5.22. The quantitative estimate of drug-likeness (QED) is 0.865. The molecule has 0 saturated carbocycles. The zero-order chi connectivity index (χ0) is 16.4. The van der Waals surface area contributed by atoms with E-state index in [-0.39, 0.29) is 11.7 Å². The maximum atomic E-state index is 6.10. The van der Waals surface area contributed by atoms with Gasteiger partial charge in [-0.25, -0.2) is 4.98 Å². The van der Waals surface area contributed by atoms with Crippen LogP contribution in [-0.2, 0) is 11.3 Å². The number of likely N-dealkylation sites (tertiary alicyclic amines) is 1. The van der Waals surface area contributed by atoms with Crippen molar-refractivity contribution in [1.29, 1.82) is 0 Å². The third-order valence-electron chi connectivity index (χ3n) is 4.79. The molecule has 1 atom stereocenters. The lowest BCUT2D eigenvalue weighted by atomic mass is 9.84. The summed E-state index contributed by atoms with van der Waals surface area (Å²) >= 11 is 0. The lowest BCUT2D eigenvalue weighted by Gasteiger charge is -2.53. The van der Waals surface area contributed by atoms with Crippen LogP contribution in [0.15, 0.2) is 42.9 Å². The number of aromatic nitrogens is 2. The molecule has 0 aliphatic carbocycles. The van der Waals surface area contributed by atoms with Crippen LogP contribution in [0.2, 0.25) is 0 Å². The fourth-order valence-electron chi connectivity index (χ4n) is 3.77. The molecule has 2 aliphatic rings. The number of aryl methyl sites for hydroxylation is 1. The van der Waals surface area contributed by atoms with Crippen molar-refractivity contribution >= 4 is 0 Å². The van der Waals surface area contributed by atoms with E-state index < -0.39 is 0 Å². The van der Waals surface area contributed by atoms with Crippen molar-refractivity contribution in [2.45, 2.75) is 38.0 Å². The van der Waals surface area contributed by atoms with Gasteiger partial charge in [0.1, 0.15) is 6.10 Å². The lowest BCUT2D eigenvalue weighted by molar-refractivity contribution is -0.188. The van der Waals surface area contributed by atoms with Gasteiger partial charge >= 0.3 is 0 Å². The number of rotatable bonds is 4. The van der Waals surface area contributed by atoms with Crippen LogP contribution < -0.4 is 4.74 Å². The average molecular weight is 325 g/mol. The van der Waals surface area contributed by atoms with E-state index in [9.17, 15) is 0 Å². The van der Waals surface area contributed by atoms with Crippen LogP contribution in [0, 0.1) is 6.92 Å². The fraction of sp³-hybridized carbons (Fsp3) is 0.474. The molecule has 0 bridgehead atoms. The van der Waals surface area contributed by atoms with E-state index in [0.717, 1.165) is 39.1 Å². The molecule has 126 valence electrons. The Morgan fingerprint density at radius 3 is 3.04 bits per heavy atom. The number of nitrogens with zero attached hydrogens (tertiary/aromatic N) is 3. The first-order chi connectivity index (χ1) is 11.7. The van der Waals surface area contributed by atoms with Gasteiger partial charge < -0.3 is 9.47 Å². The van der Waals surface area contributed by atoms with Crippen molar-refractivity contribution in [3.05, 3.63) is 54.0 Å². The second kappa shape index (κ2) is 6.49. The number of ether oxygens (including phenoxy) is 2. The van der Waals surface area contributed by atoms with Crippen molar-refractivity contribution in [2.75, 3.05) is 19.7 Å². The maximum absolute atomic E-state index is 6.10. The van der Waals surface area contributed by atoms with E-state index >= 15 is 0 Å². The largest absolute Gasteiger partial charge is 0.473 e. The van der Waals surface area contributed by atoms with Crippen LogP contribution >= 0.6 is 0 Å². The van der Waals surface area contributed by atoms with Gasteiger partial charge in [0.15, 0.2) is 0 Å². The van der Waals surface area contributed by atoms with E-state index in [2.05, 4.69) is 46.1 Å². The molecule has 0 amide bonds. The van der Waals surface area contributed by atoms with Crippen LogP contribution in [0.1, 0.15) is 24.0 Å². The Hall–Kier alpha value is -1.98. The van der Waals surface area contributed by atoms with Gasteiger partial charge in [-0.2, -0.15) is 0 Å². The summed E-state index contributed by atoms with van der Waals surface area (Å²) in [6.45, 7) is 5.83. The summed E-state index contributed by atoms with van der Waals surface area (Å²) in [5.74, 6) is 0.607. The molecule has 1 unspecified atom stereocenters. The van der Waals surface area contributed by atoms with Gasteiger partial charge in [-0.15, -0.1) is 0 Å². The summed E-state index contributed by atoms with van der Waals surface area (Å²) in [7, 11) is 0. The first-order valence-corrected chi connectivity index (χ1v) is 8.55. The third kappa shape index (κ3) is 3.42. The molecule has 0 N–H and O–H groups in total. The molecule has 2 fully saturated rings. The van der Waals surface area contributed by atoms with Gasteiger partial charge in [0.25, 0.3) is 0 Å². The molecular weight excluding hydrogens is 302 g/mol. The minimum Gasteiger partial charge on any atom is -0.473 e. The Morgan fingerprint density at radius 1 is 1.33 bits per heavy atom. The Labute approximate surface area is 142 Å². The van der Waals surface area contributed by atoms with E-state index in [4.69, 9.17) is 9.47 Å². The lowest BCUT2D eigenvalue weighted by Crippen LogP contribution is -2.65. The average Bonchev–Trinajstić information content (AvgIpc) is 2.55. The van der Waals surface area contributed by atoms with Gasteiger partial charge in [-0.1, -0.05) is 29.8 Å². The Balaban J connectivity index is 1.32. The Bertz CT molecular complexity index is 686. The van der Waals surface area contributed by atoms with E-state index in [0.29, 0.717) is 5.88 Å². The third-order valence-corrected chi connectivity index (χ3v) is 4.79. The van der Waals surface area contributed by atoms with E-state index in [1.165, 1.54) is 11.1 Å². The molecule has 2 aromatic rings. The summed E-state index contributed by atoms with van der Waals surface area (Å²) in [4.78, 5) is 10.7. The molecule has 1 aromatic heterocycles. The van der Waals surface area contributed by atoms with Gasteiger partial charge in [-0.05, 0) is 12.5 Å². The molecule has 0 radical (unpaired) electrons. The minimum atomic E-state index is -0.0467. The highest BCUT2D eigenvalue weighted by Gasteiger charge is 2.48. The van der Waals surface area contributed by atoms with Crippen LogP contribution in [0.5, 0.6) is 5.88 Å². The van der Waals surface area contributed by atoms with Crippen molar-refractivity contribution in [1.82, 2.24) is 14.9 Å². The molecule has 1 spiro atoms. The predicted octanol–water partition coefficient (Wildman–Crippen LogP) is 2.60. The second-order valence-corrected chi connectivity index (χ2v) is 6.94. The Kier molecular flexibility index (Phi) is 4.21. The van der Waals surface area contributed by atoms with E-state index in [1.54, 1.807) is 18.6 Å². The minimum absolute atomic E-state index is 0.0467. The molecule has 5 nitrogen and oxygen atoms in total. The smallest absolute Gasteiger partial charge is 0.232 e. The number of hydrogen-bond acceptors (Lipinski definition) is 5. The zero-order valence-electron chi connectivity index (χ0n) is 14.0. The standard InChI is InChI=1S/C19H23N3O2/c1-15-3-2-4-16(9-15)12-22-13-19(14-22)10-17(5-8-23-19)24-18-11-20-6-7-21-18/h2-4,6-7,9,11,17H,5,8,10,12-14H2,1H3. The molecule has 1 aromatic carbocycles. The monoisotopic (exact) mass is 325 g/mol. The topological polar surface area (TPSA) is 47.5 Å². The molecule has 2 saturated heterocycles. The summed E-state index contributed by atoms with van der Waals surface area (Å²) in [6, 6.07) is 8.72. The molecule has 5 heteroatoms. The van der Waals surface area contributed by atoms with Gasteiger partial charge in [-0.3, -0.25) is 9.88 Å². The highest BCUT2D eigenvalue weighted by Crippen LogP contribution is 2.36. The highest BCUT2D eigenvalue weighted by atomic mass is 16.5. The summed E-state index contributed by atoms with van der Waals surface area (Å²) in [5.41, 5.74) is 2.64. The summed E-state index contributed by atoms with van der Waals surface area (Å²) in [5, 5.41) is 0. The molecule has 2 aliphatic heterocycles. The van der Waals surface area contributed by atoms with Crippen LogP contribution in [0.25, 0.3) is 0 Å². The first-order valence-electron chi connectivity index (χ1n) is 8.55. The number of benzene rings is 1. The maximum Gasteiger partial charge on any atom is 0.232 e. The number of hydrogen-bond donors (Lipinski definition) is 0. The molecular formula is C19H23N3O2.